The van der Waals surface area contributed by atoms with E-state index >= 15 is 0 Å². The third-order valence-electron chi connectivity index (χ3n) is 5.24. The lowest BCUT2D eigenvalue weighted by Crippen LogP contribution is -2.39. The predicted octanol–water partition coefficient (Wildman–Crippen LogP) is 3.06. The van der Waals surface area contributed by atoms with Crippen molar-refractivity contribution < 1.29 is 13.2 Å². The summed E-state index contributed by atoms with van der Waals surface area (Å²) < 4.78 is 34.3. The molecule has 1 saturated heterocycles. The number of pyridine rings is 1. The first-order valence-corrected chi connectivity index (χ1v) is 11.0. The highest BCUT2D eigenvalue weighted by molar-refractivity contribution is 7.89. The molecule has 8 heteroatoms. The summed E-state index contributed by atoms with van der Waals surface area (Å²) in [4.78, 5) is 8.87. The zero-order valence-corrected chi connectivity index (χ0v) is 17.3. The maximum absolute atomic E-state index is 12.9. The number of ether oxygens (including phenoxy) is 1. The minimum atomic E-state index is -3.59. The number of hydrogen-bond acceptors (Lipinski definition) is 5. The molecule has 0 saturated carbocycles. The van der Waals surface area contributed by atoms with Gasteiger partial charge in [0.25, 0.3) is 10.0 Å². The lowest BCUT2D eigenvalue weighted by atomic mass is 9.95. The van der Waals surface area contributed by atoms with E-state index < -0.39 is 10.0 Å². The summed E-state index contributed by atoms with van der Waals surface area (Å²) in [6.07, 6.45) is 4.76. The Kier molecular flexibility index (Phi) is 5.38. The maximum atomic E-state index is 12.9. The second-order valence-corrected chi connectivity index (χ2v) is 9.14. The Morgan fingerprint density at radius 2 is 1.93 bits per heavy atom. The predicted molar refractivity (Wildman–Crippen MR) is 110 cm³/mol. The van der Waals surface area contributed by atoms with Crippen LogP contribution in [-0.2, 0) is 17.1 Å². The molecule has 1 aromatic carbocycles. The van der Waals surface area contributed by atoms with Crippen LogP contribution in [-0.4, -0.2) is 47.5 Å². The van der Waals surface area contributed by atoms with Crippen molar-refractivity contribution >= 4 is 10.0 Å². The smallest absolute Gasteiger partial charge is 0.262 e. The SMILES string of the molecule is COc1ccc(-c2cccc([C@@H]3CCCN(S(=O)(=O)c4cn(C)cn4)C3)n2)cc1. The molecule has 7 nitrogen and oxygen atoms in total. The van der Waals surface area contributed by atoms with E-state index in [1.54, 1.807) is 24.9 Å². The number of piperidine rings is 1. The fraction of sp³-hybridized carbons (Fsp3) is 0.333. The minimum absolute atomic E-state index is 0.0560. The molecule has 0 N–H and O–H groups in total. The van der Waals surface area contributed by atoms with Gasteiger partial charge in [0.15, 0.2) is 5.03 Å². The summed E-state index contributed by atoms with van der Waals surface area (Å²) in [5.41, 5.74) is 2.79. The van der Waals surface area contributed by atoms with Gasteiger partial charge in [-0.25, -0.2) is 13.4 Å². The van der Waals surface area contributed by atoms with E-state index in [2.05, 4.69) is 4.98 Å². The third kappa shape index (κ3) is 4.04. The van der Waals surface area contributed by atoms with Crippen LogP contribution in [0.2, 0.25) is 0 Å². The van der Waals surface area contributed by atoms with Crippen LogP contribution in [0.25, 0.3) is 11.3 Å². The number of nitrogens with zero attached hydrogens (tertiary/aromatic N) is 4. The highest BCUT2D eigenvalue weighted by atomic mass is 32.2. The average molecular weight is 413 g/mol. The number of hydrogen-bond donors (Lipinski definition) is 0. The number of sulfonamides is 1. The highest BCUT2D eigenvalue weighted by Gasteiger charge is 2.32. The van der Waals surface area contributed by atoms with E-state index in [9.17, 15) is 8.42 Å². The molecule has 0 unspecified atom stereocenters. The lowest BCUT2D eigenvalue weighted by Gasteiger charge is -2.31. The Hall–Kier alpha value is -2.71. The summed E-state index contributed by atoms with van der Waals surface area (Å²) in [6.45, 7) is 0.922. The molecule has 0 bridgehead atoms. The highest BCUT2D eigenvalue weighted by Crippen LogP contribution is 2.30. The van der Waals surface area contributed by atoms with Gasteiger partial charge in [-0.1, -0.05) is 6.07 Å². The topological polar surface area (TPSA) is 77.3 Å². The van der Waals surface area contributed by atoms with Crippen LogP contribution in [0.1, 0.15) is 24.5 Å². The lowest BCUT2D eigenvalue weighted by molar-refractivity contribution is 0.312. The van der Waals surface area contributed by atoms with Crippen LogP contribution >= 0.6 is 0 Å². The fourth-order valence-electron chi connectivity index (χ4n) is 3.66. The standard InChI is InChI=1S/C21H24N4O3S/c1-24-14-21(22-15-24)29(26,27)25-12-4-5-17(13-25)20-7-3-6-19(23-20)16-8-10-18(28-2)11-9-16/h3,6-11,14-15,17H,4-5,12-13H2,1-2H3/t17-/m1/s1. The zero-order chi connectivity index (χ0) is 20.4. The Morgan fingerprint density at radius 3 is 2.62 bits per heavy atom. The van der Waals surface area contributed by atoms with Gasteiger partial charge in [-0.05, 0) is 49.2 Å². The molecular weight excluding hydrogens is 388 g/mol. The van der Waals surface area contributed by atoms with E-state index in [-0.39, 0.29) is 10.9 Å². The molecule has 0 radical (unpaired) electrons. The van der Waals surface area contributed by atoms with Gasteiger partial charge < -0.3 is 9.30 Å². The van der Waals surface area contributed by atoms with Gasteiger partial charge in [0.05, 0.1) is 19.1 Å². The molecule has 3 aromatic rings. The van der Waals surface area contributed by atoms with E-state index in [0.29, 0.717) is 13.1 Å². The van der Waals surface area contributed by atoms with Crippen molar-refractivity contribution in [3.05, 3.63) is 60.7 Å². The number of aryl methyl sites for hydroxylation is 1. The Balaban J connectivity index is 1.57. The molecule has 0 aliphatic carbocycles. The summed E-state index contributed by atoms with van der Waals surface area (Å²) in [6, 6.07) is 13.7. The normalized spacial score (nSPS) is 17.9. The van der Waals surface area contributed by atoms with Crippen molar-refractivity contribution in [2.24, 2.45) is 7.05 Å². The average Bonchev–Trinajstić information content (AvgIpc) is 3.21. The van der Waals surface area contributed by atoms with Crippen LogP contribution in [0.3, 0.4) is 0 Å². The molecule has 1 fully saturated rings. The van der Waals surface area contributed by atoms with Gasteiger partial charge >= 0.3 is 0 Å². The Morgan fingerprint density at radius 1 is 1.14 bits per heavy atom. The molecule has 29 heavy (non-hydrogen) atoms. The molecule has 0 spiro atoms. The number of imidazole rings is 1. The Labute approximate surface area is 171 Å². The fourth-order valence-corrected chi connectivity index (χ4v) is 5.15. The van der Waals surface area contributed by atoms with Gasteiger partial charge in [-0.3, -0.25) is 4.98 Å². The quantitative estimate of drug-likeness (QED) is 0.644. The largest absolute Gasteiger partial charge is 0.497 e. The van der Waals surface area contributed by atoms with Crippen molar-refractivity contribution in [3.8, 4) is 17.0 Å². The van der Waals surface area contributed by atoms with Gasteiger partial charge in [0, 0.05) is 43.5 Å². The van der Waals surface area contributed by atoms with E-state index in [0.717, 1.165) is 35.5 Å². The zero-order valence-electron chi connectivity index (χ0n) is 16.5. The molecular formula is C21H24N4O3S. The second-order valence-electron chi connectivity index (χ2n) is 7.26. The summed E-state index contributed by atoms with van der Waals surface area (Å²) in [5, 5.41) is 0.0978. The van der Waals surface area contributed by atoms with Gasteiger partial charge in [0.2, 0.25) is 0 Å². The number of benzene rings is 1. The maximum Gasteiger partial charge on any atom is 0.262 e. The summed E-state index contributed by atoms with van der Waals surface area (Å²) in [5.74, 6) is 0.855. The van der Waals surface area contributed by atoms with Gasteiger partial charge in [0.1, 0.15) is 5.75 Å². The number of methoxy groups -OCH3 is 1. The monoisotopic (exact) mass is 412 g/mol. The van der Waals surface area contributed by atoms with Crippen molar-refractivity contribution in [2.75, 3.05) is 20.2 Å². The van der Waals surface area contributed by atoms with Crippen molar-refractivity contribution in [2.45, 2.75) is 23.8 Å². The van der Waals surface area contributed by atoms with Crippen LogP contribution in [0, 0.1) is 0 Å². The van der Waals surface area contributed by atoms with Crippen LogP contribution < -0.4 is 4.74 Å². The summed E-state index contributed by atoms with van der Waals surface area (Å²) >= 11 is 0. The molecule has 1 aliphatic heterocycles. The summed E-state index contributed by atoms with van der Waals surface area (Å²) in [7, 11) is -0.188. The van der Waals surface area contributed by atoms with E-state index in [1.165, 1.54) is 10.6 Å². The van der Waals surface area contributed by atoms with Crippen LogP contribution in [0.15, 0.2) is 60.0 Å². The van der Waals surface area contributed by atoms with E-state index in [4.69, 9.17) is 9.72 Å². The van der Waals surface area contributed by atoms with Crippen LogP contribution in [0.5, 0.6) is 5.75 Å². The molecule has 2 aromatic heterocycles. The first-order chi connectivity index (χ1) is 14.0. The van der Waals surface area contributed by atoms with Gasteiger partial charge in [-0.2, -0.15) is 4.31 Å². The third-order valence-corrected chi connectivity index (χ3v) is 7.00. The molecule has 0 amide bonds. The minimum Gasteiger partial charge on any atom is -0.497 e. The first kappa shape index (κ1) is 19.6. The molecule has 4 rings (SSSR count). The molecule has 1 aliphatic rings. The molecule has 152 valence electrons. The number of rotatable bonds is 5. The van der Waals surface area contributed by atoms with Crippen molar-refractivity contribution in [1.29, 1.82) is 0 Å². The first-order valence-electron chi connectivity index (χ1n) is 9.57. The van der Waals surface area contributed by atoms with Gasteiger partial charge in [-0.15, -0.1) is 0 Å². The van der Waals surface area contributed by atoms with E-state index in [1.807, 2.05) is 42.5 Å². The van der Waals surface area contributed by atoms with Crippen molar-refractivity contribution in [3.63, 3.8) is 0 Å². The van der Waals surface area contributed by atoms with Crippen molar-refractivity contribution in [1.82, 2.24) is 18.8 Å². The molecule has 1 atom stereocenters. The Bertz CT molecular complexity index is 1090. The number of aromatic nitrogens is 3. The second kappa shape index (κ2) is 7.96. The molecule has 3 heterocycles. The van der Waals surface area contributed by atoms with Crippen LogP contribution in [0.4, 0.5) is 0 Å².